The van der Waals surface area contributed by atoms with E-state index in [1.807, 2.05) is 30.3 Å². The molecule has 0 radical (unpaired) electrons. The van der Waals surface area contributed by atoms with Crippen molar-refractivity contribution >= 4 is 11.8 Å². The van der Waals surface area contributed by atoms with Gasteiger partial charge in [-0.15, -0.1) is 15.3 Å². The van der Waals surface area contributed by atoms with Crippen LogP contribution in [0, 0.1) is 0 Å². The van der Waals surface area contributed by atoms with Gasteiger partial charge in [0, 0.05) is 0 Å². The standard InChI is InChI=1S/C11H11N7OS/c12-6-10-14-15-11(19-10)20-7-9-13-16-17-18(9)8-4-2-1-3-5-8/h1-5H,6-7,12H2. The Morgan fingerprint density at radius 3 is 2.75 bits per heavy atom. The molecular formula is C11H11N7OS. The molecule has 0 bridgehead atoms. The quantitative estimate of drug-likeness (QED) is 0.687. The third kappa shape index (κ3) is 2.68. The van der Waals surface area contributed by atoms with Gasteiger partial charge in [0.1, 0.15) is 0 Å². The van der Waals surface area contributed by atoms with Gasteiger partial charge in [-0.25, -0.2) is 0 Å². The molecule has 0 aliphatic heterocycles. The number of thioether (sulfide) groups is 1. The fraction of sp³-hybridized carbons (Fsp3) is 0.182. The third-order valence-electron chi connectivity index (χ3n) is 2.48. The van der Waals surface area contributed by atoms with Gasteiger partial charge in [-0.3, -0.25) is 0 Å². The van der Waals surface area contributed by atoms with Crippen molar-refractivity contribution < 1.29 is 4.42 Å². The lowest BCUT2D eigenvalue weighted by molar-refractivity contribution is 0.414. The summed E-state index contributed by atoms with van der Waals surface area (Å²) in [5, 5.41) is 19.8. The van der Waals surface area contributed by atoms with Gasteiger partial charge >= 0.3 is 0 Å². The van der Waals surface area contributed by atoms with Crippen molar-refractivity contribution in [2.45, 2.75) is 17.5 Å². The van der Waals surface area contributed by atoms with Gasteiger partial charge in [0.05, 0.1) is 18.0 Å². The number of nitrogens with two attached hydrogens (primary N) is 1. The predicted molar refractivity (Wildman–Crippen MR) is 70.9 cm³/mol. The molecule has 0 atom stereocenters. The molecule has 2 heterocycles. The average Bonchev–Trinajstić information content (AvgIpc) is 3.15. The van der Waals surface area contributed by atoms with Crippen LogP contribution in [0.2, 0.25) is 0 Å². The highest BCUT2D eigenvalue weighted by molar-refractivity contribution is 7.98. The molecule has 0 saturated carbocycles. The molecule has 0 amide bonds. The van der Waals surface area contributed by atoms with E-state index in [4.69, 9.17) is 10.2 Å². The van der Waals surface area contributed by atoms with Gasteiger partial charge in [-0.05, 0) is 22.6 Å². The van der Waals surface area contributed by atoms with Crippen LogP contribution in [0.3, 0.4) is 0 Å². The molecule has 0 unspecified atom stereocenters. The van der Waals surface area contributed by atoms with E-state index in [2.05, 4.69) is 25.7 Å². The second kappa shape index (κ2) is 5.80. The number of hydrogen-bond donors (Lipinski definition) is 1. The van der Waals surface area contributed by atoms with Crippen LogP contribution in [0.1, 0.15) is 11.7 Å². The van der Waals surface area contributed by atoms with Crippen LogP contribution in [0.15, 0.2) is 40.0 Å². The summed E-state index contributed by atoms with van der Waals surface area (Å²) in [7, 11) is 0. The van der Waals surface area contributed by atoms with Crippen LogP contribution in [0.5, 0.6) is 0 Å². The van der Waals surface area contributed by atoms with Crippen molar-refractivity contribution in [3.63, 3.8) is 0 Å². The Labute approximate surface area is 118 Å². The molecule has 1 aromatic carbocycles. The van der Waals surface area contributed by atoms with Crippen molar-refractivity contribution in [3.05, 3.63) is 42.0 Å². The second-order valence-electron chi connectivity index (χ2n) is 3.80. The molecule has 9 heteroatoms. The maximum absolute atomic E-state index is 5.41. The number of para-hydroxylation sites is 1. The molecule has 8 nitrogen and oxygen atoms in total. The highest BCUT2D eigenvalue weighted by Crippen LogP contribution is 2.21. The molecule has 2 N–H and O–H groups in total. The summed E-state index contributed by atoms with van der Waals surface area (Å²) in [5.74, 6) is 1.64. The van der Waals surface area contributed by atoms with Crippen LogP contribution < -0.4 is 5.73 Å². The normalized spacial score (nSPS) is 10.8. The van der Waals surface area contributed by atoms with E-state index in [9.17, 15) is 0 Å². The fourth-order valence-corrected chi connectivity index (χ4v) is 2.26. The predicted octanol–water partition coefficient (Wildman–Crippen LogP) is 0.796. The van der Waals surface area contributed by atoms with Crippen LogP contribution in [0.25, 0.3) is 5.69 Å². The first-order valence-electron chi connectivity index (χ1n) is 5.85. The van der Waals surface area contributed by atoms with Crippen molar-refractivity contribution in [2.75, 3.05) is 0 Å². The van der Waals surface area contributed by atoms with Crippen molar-refractivity contribution in [2.24, 2.45) is 5.73 Å². The molecular weight excluding hydrogens is 278 g/mol. The zero-order valence-electron chi connectivity index (χ0n) is 10.4. The van der Waals surface area contributed by atoms with Crippen molar-refractivity contribution in [1.29, 1.82) is 0 Å². The van der Waals surface area contributed by atoms with Gasteiger partial charge < -0.3 is 10.2 Å². The van der Waals surface area contributed by atoms with Crippen LogP contribution >= 0.6 is 11.8 Å². The lowest BCUT2D eigenvalue weighted by Crippen LogP contribution is -2.01. The molecule has 0 fully saturated rings. The fourth-order valence-electron chi connectivity index (χ4n) is 1.57. The zero-order valence-corrected chi connectivity index (χ0v) is 11.2. The average molecular weight is 289 g/mol. The van der Waals surface area contributed by atoms with Gasteiger partial charge in [0.25, 0.3) is 5.22 Å². The Morgan fingerprint density at radius 2 is 2.00 bits per heavy atom. The lowest BCUT2D eigenvalue weighted by atomic mass is 10.3. The minimum absolute atomic E-state index is 0.231. The first-order chi connectivity index (χ1) is 9.86. The van der Waals surface area contributed by atoms with Crippen molar-refractivity contribution in [1.82, 2.24) is 30.4 Å². The molecule has 0 aliphatic carbocycles. The molecule has 3 aromatic rings. The third-order valence-corrected chi connectivity index (χ3v) is 3.30. The van der Waals surface area contributed by atoms with Crippen LogP contribution in [-0.2, 0) is 12.3 Å². The molecule has 20 heavy (non-hydrogen) atoms. The SMILES string of the molecule is NCc1nnc(SCc2nnnn2-c2ccccc2)o1. The largest absolute Gasteiger partial charge is 0.415 e. The molecule has 3 rings (SSSR count). The number of aromatic nitrogens is 6. The summed E-state index contributed by atoms with van der Waals surface area (Å²) in [6, 6.07) is 9.67. The summed E-state index contributed by atoms with van der Waals surface area (Å²) in [4.78, 5) is 0. The van der Waals surface area contributed by atoms with E-state index in [1.165, 1.54) is 11.8 Å². The summed E-state index contributed by atoms with van der Waals surface area (Å²) < 4.78 is 6.99. The van der Waals surface area contributed by atoms with E-state index in [-0.39, 0.29) is 6.54 Å². The van der Waals surface area contributed by atoms with Crippen molar-refractivity contribution in [3.8, 4) is 5.69 Å². The van der Waals surface area contributed by atoms with E-state index < -0.39 is 0 Å². The van der Waals surface area contributed by atoms with E-state index in [0.717, 1.165) is 5.69 Å². The molecule has 102 valence electrons. The van der Waals surface area contributed by atoms with Gasteiger partial charge in [0.15, 0.2) is 5.82 Å². The Kier molecular flexibility index (Phi) is 3.70. The lowest BCUT2D eigenvalue weighted by Gasteiger charge is -2.02. The Hall–Kier alpha value is -2.26. The molecule has 2 aromatic heterocycles. The highest BCUT2D eigenvalue weighted by atomic mass is 32.2. The monoisotopic (exact) mass is 289 g/mol. The molecule has 0 saturated heterocycles. The molecule has 0 spiro atoms. The van der Waals surface area contributed by atoms with Crippen LogP contribution in [-0.4, -0.2) is 30.4 Å². The maximum Gasteiger partial charge on any atom is 0.277 e. The van der Waals surface area contributed by atoms with Gasteiger partial charge in [-0.2, -0.15) is 4.68 Å². The minimum Gasteiger partial charge on any atom is -0.415 e. The number of benzene rings is 1. The number of hydrogen-bond acceptors (Lipinski definition) is 8. The number of tetrazole rings is 1. The summed E-state index contributed by atoms with van der Waals surface area (Å²) >= 11 is 1.36. The maximum atomic E-state index is 5.41. The van der Waals surface area contributed by atoms with E-state index in [0.29, 0.717) is 22.7 Å². The summed E-state index contributed by atoms with van der Waals surface area (Å²) in [6.07, 6.45) is 0. The Bertz CT molecular complexity index is 681. The highest BCUT2D eigenvalue weighted by Gasteiger charge is 2.11. The summed E-state index contributed by atoms with van der Waals surface area (Å²) in [6.45, 7) is 0.231. The second-order valence-corrected chi connectivity index (χ2v) is 4.72. The Balaban J connectivity index is 1.74. The topological polar surface area (TPSA) is 109 Å². The smallest absolute Gasteiger partial charge is 0.277 e. The van der Waals surface area contributed by atoms with Crippen LogP contribution in [0.4, 0.5) is 0 Å². The Morgan fingerprint density at radius 1 is 1.15 bits per heavy atom. The van der Waals surface area contributed by atoms with Gasteiger partial charge in [0.2, 0.25) is 5.89 Å². The number of rotatable bonds is 5. The summed E-state index contributed by atoms with van der Waals surface area (Å²) in [5.41, 5.74) is 6.32. The van der Waals surface area contributed by atoms with E-state index >= 15 is 0 Å². The first-order valence-corrected chi connectivity index (χ1v) is 6.83. The number of nitrogens with zero attached hydrogens (tertiary/aromatic N) is 6. The van der Waals surface area contributed by atoms with E-state index in [1.54, 1.807) is 4.68 Å². The van der Waals surface area contributed by atoms with Gasteiger partial charge in [-0.1, -0.05) is 30.0 Å². The molecule has 0 aliphatic rings. The first kappa shape index (κ1) is 12.8. The zero-order chi connectivity index (χ0) is 13.8. The minimum atomic E-state index is 0.231.